The molecule has 1 fully saturated rings. The SMILES string of the molecule is CCOc1ccc(C(=O)N2CCN(C(=O)c3ccc(Cl)cc3)CC2)cc1OC. The minimum Gasteiger partial charge on any atom is -0.493 e. The second-order valence-corrected chi connectivity index (χ2v) is 6.83. The van der Waals surface area contributed by atoms with E-state index in [2.05, 4.69) is 0 Å². The summed E-state index contributed by atoms with van der Waals surface area (Å²) in [6, 6.07) is 12.0. The number of halogens is 1. The van der Waals surface area contributed by atoms with Crippen LogP contribution >= 0.6 is 11.6 Å². The van der Waals surface area contributed by atoms with Crippen LogP contribution in [0.25, 0.3) is 0 Å². The highest BCUT2D eigenvalue weighted by Crippen LogP contribution is 2.28. The smallest absolute Gasteiger partial charge is 0.254 e. The van der Waals surface area contributed by atoms with E-state index in [0.717, 1.165) is 0 Å². The van der Waals surface area contributed by atoms with Crippen molar-refractivity contribution in [2.75, 3.05) is 39.9 Å². The second-order valence-electron chi connectivity index (χ2n) is 6.39. The van der Waals surface area contributed by atoms with Crippen LogP contribution in [-0.4, -0.2) is 61.5 Å². The Kier molecular flexibility index (Phi) is 6.41. The lowest BCUT2D eigenvalue weighted by Crippen LogP contribution is -2.50. The number of hydrogen-bond donors (Lipinski definition) is 0. The molecule has 3 rings (SSSR count). The third kappa shape index (κ3) is 4.39. The molecule has 1 aliphatic rings. The molecule has 1 saturated heterocycles. The van der Waals surface area contributed by atoms with Gasteiger partial charge in [0.05, 0.1) is 13.7 Å². The van der Waals surface area contributed by atoms with Crippen LogP contribution in [0.1, 0.15) is 27.6 Å². The molecule has 7 heteroatoms. The third-order valence-electron chi connectivity index (χ3n) is 4.66. The molecule has 0 N–H and O–H groups in total. The molecule has 28 heavy (non-hydrogen) atoms. The highest BCUT2D eigenvalue weighted by molar-refractivity contribution is 6.30. The first kappa shape index (κ1) is 20.0. The van der Waals surface area contributed by atoms with Gasteiger partial charge in [-0.3, -0.25) is 9.59 Å². The summed E-state index contributed by atoms with van der Waals surface area (Å²) >= 11 is 5.88. The van der Waals surface area contributed by atoms with E-state index in [0.29, 0.717) is 60.4 Å². The van der Waals surface area contributed by atoms with E-state index >= 15 is 0 Å². The highest BCUT2D eigenvalue weighted by Gasteiger charge is 2.26. The summed E-state index contributed by atoms with van der Waals surface area (Å²) in [6.07, 6.45) is 0. The Morgan fingerprint density at radius 3 is 1.96 bits per heavy atom. The first-order valence-electron chi connectivity index (χ1n) is 9.18. The summed E-state index contributed by atoms with van der Waals surface area (Å²) in [6.45, 7) is 4.35. The number of hydrogen-bond acceptors (Lipinski definition) is 4. The van der Waals surface area contributed by atoms with Crippen molar-refractivity contribution < 1.29 is 19.1 Å². The van der Waals surface area contributed by atoms with Gasteiger partial charge in [0, 0.05) is 42.3 Å². The maximum atomic E-state index is 12.8. The van der Waals surface area contributed by atoms with Crippen molar-refractivity contribution in [3.8, 4) is 11.5 Å². The van der Waals surface area contributed by atoms with E-state index in [-0.39, 0.29) is 11.8 Å². The molecule has 0 spiro atoms. The Bertz CT molecular complexity index is 846. The monoisotopic (exact) mass is 402 g/mol. The van der Waals surface area contributed by atoms with Gasteiger partial charge in [0.1, 0.15) is 0 Å². The Morgan fingerprint density at radius 2 is 1.43 bits per heavy atom. The molecule has 2 aromatic carbocycles. The Hall–Kier alpha value is -2.73. The molecule has 148 valence electrons. The molecule has 0 unspecified atom stereocenters. The summed E-state index contributed by atoms with van der Waals surface area (Å²) in [5.74, 6) is 1.01. The van der Waals surface area contributed by atoms with Gasteiger partial charge in [-0.25, -0.2) is 0 Å². The van der Waals surface area contributed by atoms with Crippen LogP contribution in [0.15, 0.2) is 42.5 Å². The van der Waals surface area contributed by atoms with Gasteiger partial charge in [-0.1, -0.05) is 11.6 Å². The number of piperazine rings is 1. The topological polar surface area (TPSA) is 59.1 Å². The summed E-state index contributed by atoms with van der Waals surface area (Å²) in [5, 5.41) is 0.595. The molecule has 0 aliphatic carbocycles. The molecule has 0 radical (unpaired) electrons. The zero-order valence-electron chi connectivity index (χ0n) is 16.0. The number of amides is 2. The second kappa shape index (κ2) is 8.97. The van der Waals surface area contributed by atoms with Crippen LogP contribution in [0.4, 0.5) is 0 Å². The zero-order chi connectivity index (χ0) is 20.1. The number of ether oxygens (including phenoxy) is 2. The highest BCUT2D eigenvalue weighted by atomic mass is 35.5. The Labute approximate surface area is 169 Å². The maximum absolute atomic E-state index is 12.8. The molecule has 6 nitrogen and oxygen atoms in total. The van der Waals surface area contributed by atoms with Crippen LogP contribution in [0.3, 0.4) is 0 Å². The number of carbonyl (C=O) groups is 2. The average molecular weight is 403 g/mol. The molecule has 0 aromatic heterocycles. The number of carbonyl (C=O) groups excluding carboxylic acids is 2. The lowest BCUT2D eigenvalue weighted by Gasteiger charge is -2.35. The van der Waals surface area contributed by atoms with Crippen molar-refractivity contribution in [1.82, 2.24) is 9.80 Å². The first-order chi connectivity index (χ1) is 13.5. The van der Waals surface area contributed by atoms with Crippen LogP contribution in [0, 0.1) is 0 Å². The van der Waals surface area contributed by atoms with Crippen LogP contribution in [-0.2, 0) is 0 Å². The fourth-order valence-corrected chi connectivity index (χ4v) is 3.27. The van der Waals surface area contributed by atoms with Crippen LogP contribution in [0.2, 0.25) is 5.02 Å². The van der Waals surface area contributed by atoms with Crippen LogP contribution < -0.4 is 9.47 Å². The predicted molar refractivity (Wildman–Crippen MR) is 107 cm³/mol. The van der Waals surface area contributed by atoms with E-state index in [1.54, 1.807) is 59.4 Å². The zero-order valence-corrected chi connectivity index (χ0v) is 16.7. The van der Waals surface area contributed by atoms with Crippen molar-refractivity contribution >= 4 is 23.4 Å². The predicted octanol–water partition coefficient (Wildman–Crippen LogP) is 3.35. The van der Waals surface area contributed by atoms with Gasteiger partial charge in [-0.05, 0) is 49.4 Å². The number of rotatable bonds is 5. The first-order valence-corrected chi connectivity index (χ1v) is 9.56. The Balaban J connectivity index is 1.63. The van der Waals surface area contributed by atoms with Gasteiger partial charge in [0.2, 0.25) is 0 Å². The van der Waals surface area contributed by atoms with Gasteiger partial charge < -0.3 is 19.3 Å². The summed E-state index contributed by atoms with van der Waals surface area (Å²) < 4.78 is 10.8. The molecule has 2 amide bonds. The molecular formula is C21H23ClN2O4. The maximum Gasteiger partial charge on any atom is 0.254 e. The van der Waals surface area contributed by atoms with Gasteiger partial charge in [-0.15, -0.1) is 0 Å². The van der Waals surface area contributed by atoms with Crippen LogP contribution in [0.5, 0.6) is 11.5 Å². The lowest BCUT2D eigenvalue weighted by molar-refractivity contribution is 0.0535. The van der Waals surface area contributed by atoms with Crippen molar-refractivity contribution in [3.63, 3.8) is 0 Å². The molecule has 1 aliphatic heterocycles. The van der Waals surface area contributed by atoms with E-state index in [1.807, 2.05) is 6.92 Å². The fourth-order valence-electron chi connectivity index (χ4n) is 3.15. The number of benzene rings is 2. The van der Waals surface area contributed by atoms with E-state index in [4.69, 9.17) is 21.1 Å². The fraction of sp³-hybridized carbons (Fsp3) is 0.333. The van der Waals surface area contributed by atoms with Gasteiger partial charge >= 0.3 is 0 Å². The van der Waals surface area contributed by atoms with Gasteiger partial charge in [0.25, 0.3) is 11.8 Å². The molecule has 0 bridgehead atoms. The minimum absolute atomic E-state index is 0.0495. The molecular weight excluding hydrogens is 380 g/mol. The number of nitrogens with zero attached hydrogens (tertiary/aromatic N) is 2. The van der Waals surface area contributed by atoms with Gasteiger partial charge in [-0.2, -0.15) is 0 Å². The van der Waals surface area contributed by atoms with Gasteiger partial charge in [0.15, 0.2) is 11.5 Å². The molecule has 1 heterocycles. The standard InChI is InChI=1S/C21H23ClN2O4/c1-3-28-18-9-6-16(14-19(18)27-2)21(26)24-12-10-23(11-13-24)20(25)15-4-7-17(22)8-5-15/h4-9,14H,3,10-13H2,1-2H3. The van der Waals surface area contributed by atoms with Crippen molar-refractivity contribution in [1.29, 1.82) is 0 Å². The Morgan fingerprint density at radius 1 is 0.893 bits per heavy atom. The van der Waals surface area contributed by atoms with Crippen molar-refractivity contribution in [2.45, 2.75) is 6.92 Å². The normalized spacial score (nSPS) is 14.0. The summed E-state index contributed by atoms with van der Waals surface area (Å²) in [4.78, 5) is 28.9. The molecule has 0 atom stereocenters. The lowest BCUT2D eigenvalue weighted by atomic mass is 10.1. The largest absolute Gasteiger partial charge is 0.493 e. The summed E-state index contributed by atoms with van der Waals surface area (Å²) in [5.41, 5.74) is 1.14. The molecule has 2 aromatic rings. The van der Waals surface area contributed by atoms with Crippen molar-refractivity contribution in [2.24, 2.45) is 0 Å². The quantitative estimate of drug-likeness (QED) is 0.769. The van der Waals surface area contributed by atoms with Crippen molar-refractivity contribution in [3.05, 3.63) is 58.6 Å². The minimum atomic E-state index is -0.0834. The number of methoxy groups -OCH3 is 1. The molecule has 0 saturated carbocycles. The van der Waals surface area contributed by atoms with E-state index in [9.17, 15) is 9.59 Å². The van der Waals surface area contributed by atoms with E-state index in [1.165, 1.54) is 0 Å². The summed E-state index contributed by atoms with van der Waals surface area (Å²) in [7, 11) is 1.55. The van der Waals surface area contributed by atoms with E-state index < -0.39 is 0 Å². The average Bonchev–Trinajstić information content (AvgIpc) is 2.74. The third-order valence-corrected chi connectivity index (χ3v) is 4.91.